The van der Waals surface area contributed by atoms with Gasteiger partial charge in [-0.05, 0) is 50.9 Å². The second-order valence-electron chi connectivity index (χ2n) is 5.03. The molecule has 1 atom stereocenters. The monoisotopic (exact) mass is 250 g/mol. The average molecular weight is 250 g/mol. The van der Waals surface area contributed by atoms with Crippen LogP contribution in [0.25, 0.3) is 0 Å². The van der Waals surface area contributed by atoms with Crippen LogP contribution in [-0.4, -0.2) is 34.2 Å². The maximum Gasteiger partial charge on any atom is 0.0564 e. The van der Waals surface area contributed by atoms with Crippen molar-refractivity contribution >= 4 is 5.69 Å². The van der Waals surface area contributed by atoms with Gasteiger partial charge in [0.1, 0.15) is 0 Å². The Labute approximate surface area is 108 Å². The Morgan fingerprint density at radius 3 is 2.89 bits per heavy atom. The molecule has 1 fully saturated rings. The van der Waals surface area contributed by atoms with Crippen molar-refractivity contribution in [1.29, 1.82) is 0 Å². The molecule has 1 aliphatic rings. The second kappa shape index (κ2) is 6.13. The molecule has 5 heteroatoms. The van der Waals surface area contributed by atoms with Crippen LogP contribution in [-0.2, 0) is 6.54 Å². The summed E-state index contributed by atoms with van der Waals surface area (Å²) < 4.78 is 0. The van der Waals surface area contributed by atoms with Gasteiger partial charge in [0.15, 0.2) is 0 Å². The van der Waals surface area contributed by atoms with E-state index in [-0.39, 0.29) is 6.10 Å². The van der Waals surface area contributed by atoms with Gasteiger partial charge in [-0.25, -0.2) is 0 Å². The molecule has 1 unspecified atom stereocenters. The summed E-state index contributed by atoms with van der Waals surface area (Å²) in [4.78, 5) is 6.73. The molecule has 1 saturated heterocycles. The Hall–Kier alpha value is -1.17. The predicted molar refractivity (Wildman–Crippen MR) is 71.7 cm³/mol. The number of nitrogens with zero attached hydrogens (tertiary/aromatic N) is 2. The molecule has 4 N–H and O–H groups in total. The predicted octanol–water partition coefficient (Wildman–Crippen LogP) is 0.960. The summed E-state index contributed by atoms with van der Waals surface area (Å²) in [7, 11) is 0. The number of hydrazine groups is 1. The summed E-state index contributed by atoms with van der Waals surface area (Å²) in [6, 6.07) is 3.82. The first-order chi connectivity index (χ1) is 8.69. The largest absolute Gasteiger partial charge is 0.393 e. The number of aromatic nitrogens is 1. The fraction of sp³-hybridized carbons (Fsp3) is 0.615. The molecule has 5 nitrogen and oxygen atoms in total. The first-order valence-corrected chi connectivity index (χ1v) is 6.51. The lowest BCUT2D eigenvalue weighted by Gasteiger charge is -2.33. The Bertz CT molecular complexity index is 375. The van der Waals surface area contributed by atoms with Crippen LogP contribution in [0, 0.1) is 5.92 Å². The lowest BCUT2D eigenvalue weighted by molar-refractivity contribution is 0.0691. The van der Waals surface area contributed by atoms with Gasteiger partial charge in [0.2, 0.25) is 0 Å². The molecule has 1 aromatic rings. The lowest BCUT2D eigenvalue weighted by atomic mass is 9.92. The number of pyridine rings is 1. The van der Waals surface area contributed by atoms with Crippen molar-refractivity contribution in [2.75, 3.05) is 18.5 Å². The van der Waals surface area contributed by atoms with Gasteiger partial charge in [0, 0.05) is 12.7 Å². The van der Waals surface area contributed by atoms with Crippen molar-refractivity contribution in [3.8, 4) is 0 Å². The molecular formula is C13H22N4O. The van der Waals surface area contributed by atoms with Crippen LogP contribution < -0.4 is 11.3 Å². The quantitative estimate of drug-likeness (QED) is 0.548. The summed E-state index contributed by atoms with van der Waals surface area (Å²) in [5.74, 6) is 5.83. The minimum Gasteiger partial charge on any atom is -0.393 e. The van der Waals surface area contributed by atoms with Gasteiger partial charge >= 0.3 is 0 Å². The molecule has 0 saturated carbocycles. The summed E-state index contributed by atoms with van der Waals surface area (Å²) in [5.41, 5.74) is 4.55. The Kier molecular flexibility index (Phi) is 4.52. The topological polar surface area (TPSA) is 74.4 Å². The molecule has 100 valence electrons. The van der Waals surface area contributed by atoms with Crippen LogP contribution in [0.3, 0.4) is 0 Å². The molecule has 0 aliphatic carbocycles. The van der Waals surface area contributed by atoms with Gasteiger partial charge in [-0.1, -0.05) is 0 Å². The molecule has 0 spiro atoms. The summed E-state index contributed by atoms with van der Waals surface area (Å²) in [6.45, 7) is 4.79. The Morgan fingerprint density at radius 2 is 2.28 bits per heavy atom. The van der Waals surface area contributed by atoms with Gasteiger partial charge in [0.25, 0.3) is 0 Å². The number of hydrogen-bond donors (Lipinski definition) is 3. The minimum atomic E-state index is -0.185. The number of hydrogen-bond acceptors (Lipinski definition) is 5. The van der Waals surface area contributed by atoms with Crippen molar-refractivity contribution in [2.24, 2.45) is 11.8 Å². The Balaban J connectivity index is 1.87. The summed E-state index contributed by atoms with van der Waals surface area (Å²) in [6.07, 6.45) is 3.71. The van der Waals surface area contributed by atoms with Gasteiger partial charge in [0.05, 0.1) is 17.5 Å². The Morgan fingerprint density at radius 1 is 1.56 bits per heavy atom. The number of aliphatic hydroxyl groups excluding tert-OH is 1. The van der Waals surface area contributed by atoms with E-state index in [2.05, 4.69) is 15.3 Å². The molecule has 0 aromatic carbocycles. The number of nitrogen functional groups attached to an aromatic ring is 1. The SMILES string of the molecule is CC(O)C1CCN(Cc2cc(NN)ccn2)CC1. The van der Waals surface area contributed by atoms with Crippen molar-refractivity contribution in [3.63, 3.8) is 0 Å². The van der Waals surface area contributed by atoms with E-state index in [0.29, 0.717) is 5.92 Å². The van der Waals surface area contributed by atoms with E-state index in [0.717, 1.165) is 43.9 Å². The molecule has 0 radical (unpaired) electrons. The van der Waals surface area contributed by atoms with E-state index in [1.165, 1.54) is 0 Å². The van der Waals surface area contributed by atoms with Crippen LogP contribution in [0.5, 0.6) is 0 Å². The van der Waals surface area contributed by atoms with Crippen molar-refractivity contribution < 1.29 is 5.11 Å². The third kappa shape index (κ3) is 3.41. The zero-order valence-corrected chi connectivity index (χ0v) is 10.8. The number of aliphatic hydroxyl groups is 1. The molecule has 0 bridgehead atoms. The molecular weight excluding hydrogens is 228 g/mol. The molecule has 18 heavy (non-hydrogen) atoms. The maximum atomic E-state index is 9.57. The van der Waals surface area contributed by atoms with Crippen LogP contribution in [0.1, 0.15) is 25.5 Å². The normalized spacial score (nSPS) is 19.7. The van der Waals surface area contributed by atoms with E-state index in [1.807, 2.05) is 19.1 Å². The second-order valence-corrected chi connectivity index (χ2v) is 5.03. The smallest absolute Gasteiger partial charge is 0.0564 e. The summed E-state index contributed by atoms with van der Waals surface area (Å²) in [5, 5.41) is 9.57. The van der Waals surface area contributed by atoms with Crippen molar-refractivity contribution in [3.05, 3.63) is 24.0 Å². The van der Waals surface area contributed by atoms with E-state index < -0.39 is 0 Å². The van der Waals surface area contributed by atoms with Gasteiger partial charge in [-0.15, -0.1) is 0 Å². The van der Waals surface area contributed by atoms with E-state index in [4.69, 9.17) is 5.84 Å². The highest BCUT2D eigenvalue weighted by atomic mass is 16.3. The first-order valence-electron chi connectivity index (χ1n) is 6.51. The van der Waals surface area contributed by atoms with E-state index in [1.54, 1.807) is 6.20 Å². The zero-order chi connectivity index (χ0) is 13.0. The van der Waals surface area contributed by atoms with Crippen LogP contribution >= 0.6 is 0 Å². The van der Waals surface area contributed by atoms with Crippen molar-refractivity contribution in [1.82, 2.24) is 9.88 Å². The number of anilines is 1. The van der Waals surface area contributed by atoms with E-state index in [9.17, 15) is 5.11 Å². The van der Waals surface area contributed by atoms with Crippen LogP contribution in [0.15, 0.2) is 18.3 Å². The number of likely N-dealkylation sites (tertiary alicyclic amines) is 1. The van der Waals surface area contributed by atoms with Gasteiger partial charge in [-0.3, -0.25) is 15.7 Å². The maximum absolute atomic E-state index is 9.57. The fourth-order valence-corrected chi connectivity index (χ4v) is 2.48. The number of rotatable bonds is 4. The highest BCUT2D eigenvalue weighted by Crippen LogP contribution is 2.21. The third-order valence-electron chi connectivity index (χ3n) is 3.68. The highest BCUT2D eigenvalue weighted by molar-refractivity contribution is 5.41. The van der Waals surface area contributed by atoms with Gasteiger partial charge < -0.3 is 10.5 Å². The standard InChI is InChI=1S/C13H22N4O/c1-10(18)11-3-6-17(7-4-11)9-13-8-12(16-14)2-5-15-13/h2,5,8,10-11,18H,3-4,6-7,9,14H2,1H3,(H,15,16). The van der Waals surface area contributed by atoms with Gasteiger partial charge in [-0.2, -0.15) is 0 Å². The summed E-state index contributed by atoms with van der Waals surface area (Å²) >= 11 is 0. The van der Waals surface area contributed by atoms with Crippen molar-refractivity contribution in [2.45, 2.75) is 32.4 Å². The molecule has 0 amide bonds. The number of nitrogens with two attached hydrogens (primary N) is 1. The average Bonchev–Trinajstić information content (AvgIpc) is 2.39. The van der Waals surface area contributed by atoms with Crippen LogP contribution in [0.2, 0.25) is 0 Å². The molecule has 2 heterocycles. The molecule has 1 aliphatic heterocycles. The zero-order valence-electron chi connectivity index (χ0n) is 10.8. The number of piperidine rings is 1. The molecule has 2 rings (SSSR count). The first kappa shape index (κ1) is 13.3. The van der Waals surface area contributed by atoms with E-state index >= 15 is 0 Å². The van der Waals surface area contributed by atoms with Crippen LogP contribution in [0.4, 0.5) is 5.69 Å². The third-order valence-corrected chi connectivity index (χ3v) is 3.68. The molecule has 1 aromatic heterocycles. The lowest BCUT2D eigenvalue weighted by Crippen LogP contribution is -2.36. The fourth-order valence-electron chi connectivity index (χ4n) is 2.48. The highest BCUT2D eigenvalue weighted by Gasteiger charge is 2.22. The minimum absolute atomic E-state index is 0.185. The number of nitrogens with one attached hydrogen (secondary N) is 1.